The van der Waals surface area contributed by atoms with Crippen molar-refractivity contribution in [2.45, 2.75) is 24.7 Å². The van der Waals surface area contributed by atoms with Gasteiger partial charge in [0.2, 0.25) is 15.8 Å². The zero-order chi connectivity index (χ0) is 14.2. The number of benzene rings is 1. The highest BCUT2D eigenvalue weighted by molar-refractivity contribution is 7.89. The van der Waals surface area contributed by atoms with Gasteiger partial charge in [-0.15, -0.1) is 0 Å². The maximum atomic E-state index is 13.3. The van der Waals surface area contributed by atoms with Crippen LogP contribution in [-0.2, 0) is 10.0 Å². The third-order valence-corrected chi connectivity index (χ3v) is 4.56. The Morgan fingerprint density at radius 2 is 2.11 bits per heavy atom. The number of halogens is 1. The fourth-order valence-corrected chi connectivity index (χ4v) is 3.06. The molecule has 1 aliphatic carbocycles. The predicted octanol–water partition coefficient (Wildman–Crippen LogP) is 1.73. The number of nitrogens with zero attached hydrogens (tertiary/aromatic N) is 1. The molecule has 0 atom stereocenters. The van der Waals surface area contributed by atoms with Crippen LogP contribution in [0.2, 0.25) is 0 Å². The van der Waals surface area contributed by atoms with Crippen molar-refractivity contribution >= 4 is 15.7 Å². The Balaban J connectivity index is 2.36. The lowest BCUT2D eigenvalue weighted by Gasteiger charge is -2.09. The van der Waals surface area contributed by atoms with E-state index in [1.807, 2.05) is 0 Å². The van der Waals surface area contributed by atoms with Crippen LogP contribution in [0, 0.1) is 28.8 Å². The van der Waals surface area contributed by atoms with Crippen molar-refractivity contribution in [2.24, 2.45) is 5.92 Å². The molecular formula is C11H13FN2O4S. The SMILES string of the molecule is Cc1cc(F)c([N+](=O)[O-])cc1S(=O)(=O)NCC1CC1. The van der Waals surface area contributed by atoms with Crippen molar-refractivity contribution in [2.75, 3.05) is 6.54 Å². The molecule has 0 bridgehead atoms. The molecule has 1 N–H and O–H groups in total. The highest BCUT2D eigenvalue weighted by Gasteiger charge is 2.27. The summed E-state index contributed by atoms with van der Waals surface area (Å²) < 4.78 is 39.8. The average molecular weight is 288 g/mol. The van der Waals surface area contributed by atoms with Gasteiger partial charge < -0.3 is 0 Å². The lowest BCUT2D eigenvalue weighted by Crippen LogP contribution is -2.26. The maximum absolute atomic E-state index is 13.3. The van der Waals surface area contributed by atoms with E-state index >= 15 is 0 Å². The van der Waals surface area contributed by atoms with E-state index in [1.54, 1.807) is 0 Å². The molecule has 1 aliphatic rings. The smallest absolute Gasteiger partial charge is 0.258 e. The number of nitrogens with one attached hydrogen (secondary N) is 1. The van der Waals surface area contributed by atoms with Crippen molar-refractivity contribution in [3.05, 3.63) is 33.6 Å². The van der Waals surface area contributed by atoms with Crippen LogP contribution in [0.25, 0.3) is 0 Å². The molecule has 6 nitrogen and oxygen atoms in total. The van der Waals surface area contributed by atoms with E-state index in [1.165, 1.54) is 6.92 Å². The van der Waals surface area contributed by atoms with Crippen LogP contribution >= 0.6 is 0 Å². The summed E-state index contributed by atoms with van der Waals surface area (Å²) in [7, 11) is -3.84. The summed E-state index contributed by atoms with van der Waals surface area (Å²) in [6.07, 6.45) is 1.95. The summed E-state index contributed by atoms with van der Waals surface area (Å²) >= 11 is 0. The second kappa shape index (κ2) is 4.86. The largest absolute Gasteiger partial charge is 0.306 e. The molecule has 0 aliphatic heterocycles. The minimum Gasteiger partial charge on any atom is -0.258 e. The Kier molecular flexibility index (Phi) is 3.55. The van der Waals surface area contributed by atoms with Crippen LogP contribution < -0.4 is 4.72 Å². The summed E-state index contributed by atoms with van der Waals surface area (Å²) in [6, 6.07) is 1.63. The minimum atomic E-state index is -3.84. The van der Waals surface area contributed by atoms with E-state index in [0.29, 0.717) is 12.5 Å². The number of nitro groups is 1. The van der Waals surface area contributed by atoms with Crippen LogP contribution in [0.1, 0.15) is 18.4 Å². The van der Waals surface area contributed by atoms with E-state index in [2.05, 4.69) is 4.72 Å². The van der Waals surface area contributed by atoms with Gasteiger partial charge in [-0.25, -0.2) is 13.1 Å². The zero-order valence-corrected chi connectivity index (χ0v) is 11.0. The van der Waals surface area contributed by atoms with Gasteiger partial charge >= 0.3 is 5.69 Å². The molecule has 0 aromatic heterocycles. The van der Waals surface area contributed by atoms with Crippen molar-refractivity contribution in [1.82, 2.24) is 4.72 Å². The number of rotatable bonds is 5. The minimum absolute atomic E-state index is 0.145. The lowest BCUT2D eigenvalue weighted by molar-refractivity contribution is -0.387. The van der Waals surface area contributed by atoms with Gasteiger partial charge in [0.15, 0.2) is 0 Å². The molecule has 0 spiro atoms. The molecule has 0 amide bonds. The fourth-order valence-electron chi connectivity index (χ4n) is 1.70. The topological polar surface area (TPSA) is 89.3 Å². The van der Waals surface area contributed by atoms with Gasteiger partial charge in [0.25, 0.3) is 0 Å². The van der Waals surface area contributed by atoms with Gasteiger partial charge in [0, 0.05) is 12.6 Å². The Bertz CT molecular complexity index is 626. The van der Waals surface area contributed by atoms with Gasteiger partial charge in [-0.2, -0.15) is 4.39 Å². The number of aryl methyl sites for hydroxylation is 1. The number of nitro benzene ring substituents is 1. The summed E-state index contributed by atoms with van der Waals surface area (Å²) in [6.45, 7) is 1.71. The zero-order valence-electron chi connectivity index (χ0n) is 10.2. The van der Waals surface area contributed by atoms with Crippen molar-refractivity contribution in [3.8, 4) is 0 Å². The van der Waals surface area contributed by atoms with Crippen LogP contribution in [0.5, 0.6) is 0 Å². The molecule has 0 heterocycles. The molecular weight excluding hydrogens is 275 g/mol. The molecule has 1 fully saturated rings. The first kappa shape index (κ1) is 13.9. The van der Waals surface area contributed by atoms with Gasteiger partial charge in [0.05, 0.1) is 9.82 Å². The molecule has 1 saturated carbocycles. The molecule has 1 aromatic carbocycles. The Labute approximate surface area is 109 Å². The predicted molar refractivity (Wildman–Crippen MR) is 65.7 cm³/mol. The second-order valence-corrected chi connectivity index (χ2v) is 6.36. The third-order valence-electron chi connectivity index (χ3n) is 2.99. The fraction of sp³-hybridized carbons (Fsp3) is 0.455. The first-order valence-corrected chi connectivity index (χ1v) is 7.24. The third kappa shape index (κ3) is 3.07. The van der Waals surface area contributed by atoms with Gasteiger partial charge in [0.1, 0.15) is 0 Å². The standard InChI is InChI=1S/C11H13FN2O4S/c1-7-4-9(12)10(14(15)16)5-11(7)19(17,18)13-6-8-2-3-8/h4-5,8,13H,2-3,6H2,1H3. The molecule has 19 heavy (non-hydrogen) atoms. The van der Waals surface area contributed by atoms with Gasteiger partial charge in [-0.3, -0.25) is 10.1 Å². The van der Waals surface area contributed by atoms with E-state index in [4.69, 9.17) is 0 Å². The van der Waals surface area contributed by atoms with Crippen LogP contribution in [-0.4, -0.2) is 19.9 Å². The molecule has 104 valence electrons. The summed E-state index contributed by atoms with van der Waals surface area (Å²) in [4.78, 5) is 9.45. The van der Waals surface area contributed by atoms with Crippen LogP contribution in [0.15, 0.2) is 17.0 Å². The van der Waals surface area contributed by atoms with E-state index in [-0.39, 0.29) is 10.5 Å². The second-order valence-electron chi connectivity index (χ2n) is 4.62. The molecule has 1 aromatic rings. The van der Waals surface area contributed by atoms with Crippen molar-refractivity contribution < 1.29 is 17.7 Å². The Hall–Kier alpha value is -1.54. The van der Waals surface area contributed by atoms with Crippen LogP contribution in [0.3, 0.4) is 0 Å². The molecule has 2 rings (SSSR count). The quantitative estimate of drug-likeness (QED) is 0.660. The van der Waals surface area contributed by atoms with Crippen LogP contribution in [0.4, 0.5) is 10.1 Å². The summed E-state index contributed by atoms with van der Waals surface area (Å²) in [5.41, 5.74) is -0.691. The van der Waals surface area contributed by atoms with Crippen molar-refractivity contribution in [3.63, 3.8) is 0 Å². The first-order chi connectivity index (χ1) is 8.81. The monoisotopic (exact) mass is 288 g/mol. The molecule has 0 radical (unpaired) electrons. The molecule has 0 saturated heterocycles. The summed E-state index contributed by atoms with van der Waals surface area (Å²) in [5, 5.41) is 10.6. The average Bonchev–Trinajstić information content (AvgIpc) is 3.09. The Morgan fingerprint density at radius 1 is 1.47 bits per heavy atom. The van der Waals surface area contributed by atoms with E-state index in [0.717, 1.165) is 25.0 Å². The van der Waals surface area contributed by atoms with E-state index in [9.17, 15) is 22.9 Å². The highest BCUT2D eigenvalue weighted by atomic mass is 32.2. The number of hydrogen-bond donors (Lipinski definition) is 1. The molecule has 8 heteroatoms. The maximum Gasteiger partial charge on any atom is 0.306 e. The summed E-state index contributed by atoms with van der Waals surface area (Å²) in [5.74, 6) is -0.700. The van der Waals surface area contributed by atoms with Gasteiger partial charge in [-0.05, 0) is 37.3 Å². The van der Waals surface area contributed by atoms with Crippen molar-refractivity contribution in [1.29, 1.82) is 0 Å². The first-order valence-electron chi connectivity index (χ1n) is 5.75. The number of hydrogen-bond acceptors (Lipinski definition) is 4. The lowest BCUT2D eigenvalue weighted by atomic mass is 10.2. The number of sulfonamides is 1. The molecule has 0 unspecified atom stereocenters. The van der Waals surface area contributed by atoms with Gasteiger partial charge in [-0.1, -0.05) is 0 Å². The highest BCUT2D eigenvalue weighted by Crippen LogP contribution is 2.29. The Morgan fingerprint density at radius 3 is 2.63 bits per heavy atom. The normalized spacial score (nSPS) is 15.5. The van der Waals surface area contributed by atoms with E-state index < -0.39 is 26.5 Å².